The molecule has 2 aromatic carbocycles. The highest BCUT2D eigenvalue weighted by Crippen LogP contribution is 2.33. The fourth-order valence-electron chi connectivity index (χ4n) is 4.19. The standard InChI is InChI=1S/C24H26F3N5O2/c1-30-11-9-18(10-12-30)31(2)20-5-3-4-6-21(20)32(15-33)14-17-8-7-16(13-19(17)25)23-28-29-24(34-23)22(26)27/h3-8,13,15,18,22H,9-12,14H2,1-2H3. The zero-order chi connectivity index (χ0) is 24.2. The third-order valence-corrected chi connectivity index (χ3v) is 6.20. The first-order valence-electron chi connectivity index (χ1n) is 11.0. The molecule has 1 saturated heterocycles. The van der Waals surface area contributed by atoms with E-state index in [1.54, 1.807) is 0 Å². The molecule has 1 fully saturated rings. The van der Waals surface area contributed by atoms with E-state index in [1.165, 1.54) is 17.0 Å². The first kappa shape index (κ1) is 23.7. The van der Waals surface area contributed by atoms with Crippen molar-refractivity contribution in [2.75, 3.05) is 37.0 Å². The van der Waals surface area contributed by atoms with E-state index >= 15 is 0 Å². The minimum atomic E-state index is -2.90. The molecule has 1 amide bonds. The maximum Gasteiger partial charge on any atom is 0.314 e. The molecular weight excluding hydrogens is 447 g/mol. The van der Waals surface area contributed by atoms with Gasteiger partial charge in [-0.1, -0.05) is 18.2 Å². The van der Waals surface area contributed by atoms with Gasteiger partial charge in [0.1, 0.15) is 5.82 Å². The average molecular weight is 473 g/mol. The summed E-state index contributed by atoms with van der Waals surface area (Å²) >= 11 is 0. The Bertz CT molecular complexity index is 1130. The fraction of sp³-hybridized carbons (Fsp3) is 0.375. The van der Waals surface area contributed by atoms with E-state index in [0.29, 0.717) is 18.1 Å². The SMILES string of the molecule is CN1CCC(N(C)c2ccccc2N(C=O)Cc2ccc(-c3nnc(C(F)F)o3)cc2F)CC1. The summed E-state index contributed by atoms with van der Waals surface area (Å²) in [6, 6.07) is 12.0. The first-order valence-corrected chi connectivity index (χ1v) is 11.0. The van der Waals surface area contributed by atoms with Gasteiger partial charge in [-0.3, -0.25) is 4.79 Å². The number of rotatable bonds is 8. The molecule has 0 bridgehead atoms. The monoisotopic (exact) mass is 473 g/mol. The number of carbonyl (C=O) groups is 1. The predicted octanol–water partition coefficient (Wildman–Crippen LogP) is 4.51. The van der Waals surface area contributed by atoms with Crippen LogP contribution in [0.2, 0.25) is 0 Å². The van der Waals surface area contributed by atoms with Gasteiger partial charge in [0.05, 0.1) is 17.9 Å². The van der Waals surface area contributed by atoms with E-state index in [0.717, 1.165) is 37.7 Å². The molecule has 0 N–H and O–H groups in total. The van der Waals surface area contributed by atoms with Crippen LogP contribution in [0.25, 0.3) is 11.5 Å². The van der Waals surface area contributed by atoms with Gasteiger partial charge in [-0.15, -0.1) is 10.2 Å². The molecule has 10 heteroatoms. The maximum atomic E-state index is 14.9. The Morgan fingerprint density at radius 3 is 2.47 bits per heavy atom. The molecule has 4 rings (SSSR count). The Morgan fingerprint density at radius 1 is 1.15 bits per heavy atom. The van der Waals surface area contributed by atoms with E-state index in [-0.39, 0.29) is 23.6 Å². The lowest BCUT2D eigenvalue weighted by atomic mass is 10.0. The highest BCUT2D eigenvalue weighted by molar-refractivity contribution is 5.84. The zero-order valence-electron chi connectivity index (χ0n) is 19.0. The number of hydrogen-bond acceptors (Lipinski definition) is 6. The number of hydrogen-bond donors (Lipinski definition) is 0. The third-order valence-electron chi connectivity index (χ3n) is 6.20. The molecule has 3 aromatic rings. The summed E-state index contributed by atoms with van der Waals surface area (Å²) < 4.78 is 45.2. The lowest BCUT2D eigenvalue weighted by molar-refractivity contribution is -0.107. The van der Waals surface area contributed by atoms with Crippen LogP contribution in [-0.4, -0.2) is 54.7 Å². The number of nitrogens with zero attached hydrogens (tertiary/aromatic N) is 5. The van der Waals surface area contributed by atoms with Crippen LogP contribution in [-0.2, 0) is 11.3 Å². The summed E-state index contributed by atoms with van der Waals surface area (Å²) in [4.78, 5) is 18.0. The molecule has 1 aliphatic rings. The van der Waals surface area contributed by atoms with Crippen molar-refractivity contribution < 1.29 is 22.4 Å². The normalized spacial score (nSPS) is 15.0. The third kappa shape index (κ3) is 5.06. The summed E-state index contributed by atoms with van der Waals surface area (Å²) in [5.74, 6) is -1.63. The van der Waals surface area contributed by atoms with Gasteiger partial charge in [0.2, 0.25) is 12.3 Å². The fourth-order valence-corrected chi connectivity index (χ4v) is 4.19. The van der Waals surface area contributed by atoms with Crippen LogP contribution in [0.1, 0.15) is 30.7 Å². The Labute approximate surface area is 195 Å². The van der Waals surface area contributed by atoms with Crippen LogP contribution >= 0.6 is 0 Å². The number of halogens is 3. The first-order chi connectivity index (χ1) is 16.4. The molecule has 2 heterocycles. The number of piperidine rings is 1. The van der Waals surface area contributed by atoms with Crippen molar-refractivity contribution in [1.29, 1.82) is 0 Å². The average Bonchev–Trinajstić information content (AvgIpc) is 3.34. The second kappa shape index (κ2) is 10.3. The van der Waals surface area contributed by atoms with Gasteiger partial charge in [0, 0.05) is 24.2 Å². The van der Waals surface area contributed by atoms with Crippen LogP contribution in [0.4, 0.5) is 24.5 Å². The number of alkyl halides is 2. The van der Waals surface area contributed by atoms with Crippen LogP contribution in [0, 0.1) is 5.82 Å². The highest BCUT2D eigenvalue weighted by Gasteiger charge is 2.24. The lowest BCUT2D eigenvalue weighted by Crippen LogP contribution is -2.42. The van der Waals surface area contributed by atoms with Crippen molar-refractivity contribution in [3.8, 4) is 11.5 Å². The summed E-state index contributed by atoms with van der Waals surface area (Å²) in [5.41, 5.74) is 2.02. The molecule has 0 radical (unpaired) electrons. The number of carbonyl (C=O) groups excluding carboxylic acids is 1. The number of aromatic nitrogens is 2. The Balaban J connectivity index is 1.55. The van der Waals surface area contributed by atoms with Crippen molar-refractivity contribution in [2.24, 2.45) is 0 Å². The van der Waals surface area contributed by atoms with Gasteiger partial charge in [0.15, 0.2) is 0 Å². The molecule has 180 valence electrons. The molecule has 34 heavy (non-hydrogen) atoms. The van der Waals surface area contributed by atoms with Gasteiger partial charge in [0.25, 0.3) is 5.89 Å². The van der Waals surface area contributed by atoms with Crippen molar-refractivity contribution in [1.82, 2.24) is 15.1 Å². The number of benzene rings is 2. The second-order valence-electron chi connectivity index (χ2n) is 8.42. The Kier molecular flexibility index (Phi) is 7.16. The largest absolute Gasteiger partial charge is 0.415 e. The Hall–Kier alpha value is -3.40. The minimum absolute atomic E-state index is 0.0000114. The topological polar surface area (TPSA) is 65.7 Å². The lowest BCUT2D eigenvalue weighted by Gasteiger charge is -2.38. The van der Waals surface area contributed by atoms with Gasteiger partial charge < -0.3 is 19.1 Å². The summed E-state index contributed by atoms with van der Waals surface area (Å²) in [6.45, 7) is 2.01. The smallest absolute Gasteiger partial charge is 0.314 e. The van der Waals surface area contributed by atoms with Crippen LogP contribution in [0.5, 0.6) is 0 Å². The molecule has 1 aliphatic heterocycles. The van der Waals surface area contributed by atoms with Crippen LogP contribution in [0.15, 0.2) is 46.9 Å². The van der Waals surface area contributed by atoms with Gasteiger partial charge in [-0.2, -0.15) is 8.78 Å². The van der Waals surface area contributed by atoms with E-state index in [9.17, 15) is 18.0 Å². The van der Waals surface area contributed by atoms with E-state index in [4.69, 9.17) is 4.42 Å². The molecule has 0 unspecified atom stereocenters. The van der Waals surface area contributed by atoms with Crippen molar-refractivity contribution in [2.45, 2.75) is 31.9 Å². The number of para-hydroxylation sites is 2. The summed E-state index contributed by atoms with van der Waals surface area (Å²) in [7, 11) is 4.12. The number of amides is 1. The van der Waals surface area contributed by atoms with E-state index < -0.39 is 18.1 Å². The minimum Gasteiger partial charge on any atom is -0.415 e. The van der Waals surface area contributed by atoms with E-state index in [1.807, 2.05) is 31.3 Å². The van der Waals surface area contributed by atoms with Crippen molar-refractivity contribution in [3.63, 3.8) is 0 Å². The molecule has 0 saturated carbocycles. The zero-order valence-corrected chi connectivity index (χ0v) is 19.0. The molecule has 1 aromatic heterocycles. The molecule has 0 aliphatic carbocycles. The van der Waals surface area contributed by atoms with Gasteiger partial charge in [-0.25, -0.2) is 4.39 Å². The highest BCUT2D eigenvalue weighted by atomic mass is 19.3. The summed E-state index contributed by atoms with van der Waals surface area (Å²) in [5, 5.41) is 6.81. The maximum absolute atomic E-state index is 14.9. The van der Waals surface area contributed by atoms with E-state index in [2.05, 4.69) is 27.0 Å². The van der Waals surface area contributed by atoms with Crippen molar-refractivity contribution >= 4 is 17.8 Å². The van der Waals surface area contributed by atoms with Crippen LogP contribution in [0.3, 0.4) is 0 Å². The Morgan fingerprint density at radius 2 is 1.85 bits per heavy atom. The summed E-state index contributed by atoms with van der Waals surface area (Å²) in [6.07, 6.45) is -0.191. The predicted molar refractivity (Wildman–Crippen MR) is 122 cm³/mol. The second-order valence-corrected chi connectivity index (χ2v) is 8.42. The van der Waals surface area contributed by atoms with Gasteiger partial charge in [-0.05, 0) is 57.2 Å². The van der Waals surface area contributed by atoms with Crippen molar-refractivity contribution in [3.05, 3.63) is 59.7 Å². The number of likely N-dealkylation sites (tertiary alicyclic amines) is 1. The molecule has 0 spiro atoms. The molecular formula is C24H26F3N5O2. The quantitative estimate of drug-likeness (QED) is 0.449. The molecule has 7 nitrogen and oxygen atoms in total. The van der Waals surface area contributed by atoms with Crippen LogP contribution < -0.4 is 9.80 Å². The number of anilines is 2. The van der Waals surface area contributed by atoms with Gasteiger partial charge >= 0.3 is 6.43 Å². The molecule has 0 atom stereocenters.